The van der Waals surface area contributed by atoms with Crippen LogP contribution in [0.3, 0.4) is 0 Å². The quantitative estimate of drug-likeness (QED) is 0.435. The van der Waals surface area contributed by atoms with Gasteiger partial charge < -0.3 is 5.11 Å². The number of carbonyl (C=O) groups is 4. The zero-order valence-corrected chi connectivity index (χ0v) is 22.3. The molecular weight excluding hydrogens is 523 g/mol. The minimum atomic E-state index is -1.29. The van der Waals surface area contributed by atoms with Gasteiger partial charge in [0.15, 0.2) is 0 Å². The standard InChI is InChI=1S/C30H28ClFN2O5/c1-3-12-33-26(36)18-10-9-16-19(24(18)28(33)38)14-20-27(37)34(15-8-11-22(32)21(31)13-15)29(39)30(20,2)25(16)17-6-4-5-7-23(17)35/h4-9,11,13,18-20,24-25,35H,3,10,12,14H2,1-2H3. The monoisotopic (exact) mass is 550 g/mol. The summed E-state index contributed by atoms with van der Waals surface area (Å²) in [5.74, 6) is -5.16. The molecule has 1 N–H and O–H groups in total. The maximum atomic E-state index is 14.2. The fourth-order valence-corrected chi connectivity index (χ4v) is 7.65. The van der Waals surface area contributed by atoms with Gasteiger partial charge in [-0.2, -0.15) is 0 Å². The number of carbonyl (C=O) groups excluding carboxylic acids is 4. The highest BCUT2D eigenvalue weighted by Gasteiger charge is 2.67. The van der Waals surface area contributed by atoms with E-state index in [0.29, 0.717) is 24.9 Å². The maximum absolute atomic E-state index is 14.2. The summed E-state index contributed by atoms with van der Waals surface area (Å²) in [5.41, 5.74) is 0.165. The Morgan fingerprint density at radius 2 is 1.79 bits per heavy atom. The Balaban J connectivity index is 1.52. The first kappa shape index (κ1) is 25.7. The first-order valence-electron chi connectivity index (χ1n) is 13.3. The summed E-state index contributed by atoms with van der Waals surface area (Å²) in [5, 5.41) is 10.7. The Hall–Kier alpha value is -3.52. The van der Waals surface area contributed by atoms with Crippen LogP contribution in [0.4, 0.5) is 10.1 Å². The Morgan fingerprint density at radius 1 is 1.05 bits per heavy atom. The van der Waals surface area contributed by atoms with Crippen LogP contribution >= 0.6 is 11.6 Å². The molecule has 6 atom stereocenters. The van der Waals surface area contributed by atoms with E-state index in [1.54, 1.807) is 25.1 Å². The van der Waals surface area contributed by atoms with E-state index in [9.17, 15) is 28.7 Å². The van der Waals surface area contributed by atoms with Crippen LogP contribution in [-0.4, -0.2) is 40.2 Å². The van der Waals surface area contributed by atoms with E-state index < -0.39 is 52.6 Å². The molecule has 4 amide bonds. The van der Waals surface area contributed by atoms with Gasteiger partial charge in [-0.1, -0.05) is 48.4 Å². The number of hydrogen-bond donors (Lipinski definition) is 1. The molecule has 2 aliphatic carbocycles. The molecule has 2 aromatic rings. The average Bonchev–Trinajstić information content (AvgIpc) is 3.27. The maximum Gasteiger partial charge on any atom is 0.241 e. The Kier molecular flexibility index (Phi) is 5.95. The number of benzene rings is 2. The summed E-state index contributed by atoms with van der Waals surface area (Å²) in [4.78, 5) is 57.4. The number of anilines is 1. The van der Waals surface area contributed by atoms with Crippen molar-refractivity contribution in [2.75, 3.05) is 11.4 Å². The molecule has 9 heteroatoms. The highest BCUT2D eigenvalue weighted by Crippen LogP contribution is 2.64. The summed E-state index contributed by atoms with van der Waals surface area (Å²) in [6.45, 7) is 3.98. The molecule has 1 saturated carbocycles. The van der Waals surface area contributed by atoms with Crippen LogP contribution in [-0.2, 0) is 19.2 Å². The smallest absolute Gasteiger partial charge is 0.241 e. The third-order valence-electron chi connectivity index (χ3n) is 9.22. The lowest BCUT2D eigenvalue weighted by molar-refractivity contribution is -0.140. The molecule has 2 heterocycles. The van der Waals surface area contributed by atoms with Crippen molar-refractivity contribution in [2.45, 2.75) is 39.0 Å². The molecule has 0 bridgehead atoms. The fourth-order valence-electron chi connectivity index (χ4n) is 7.47. The number of rotatable bonds is 4. The van der Waals surface area contributed by atoms with Gasteiger partial charge in [0.1, 0.15) is 11.6 Å². The van der Waals surface area contributed by atoms with Gasteiger partial charge >= 0.3 is 0 Å². The highest BCUT2D eigenvalue weighted by atomic mass is 35.5. The van der Waals surface area contributed by atoms with Crippen LogP contribution in [0, 0.1) is 34.9 Å². The summed E-state index contributed by atoms with van der Waals surface area (Å²) in [7, 11) is 0. The molecular formula is C30H28ClFN2O5. The number of phenolic OH excluding ortho intramolecular Hbond substituents is 1. The Bertz CT molecular complexity index is 1470. The lowest BCUT2D eigenvalue weighted by atomic mass is 9.51. The number of aromatic hydroxyl groups is 1. The fraction of sp³-hybridized carbons (Fsp3) is 0.400. The summed E-state index contributed by atoms with van der Waals surface area (Å²) >= 11 is 6.01. The number of allylic oxidation sites excluding steroid dienone is 2. The molecule has 7 nitrogen and oxygen atoms in total. The molecule has 0 spiro atoms. The van der Waals surface area contributed by atoms with Gasteiger partial charge in [-0.25, -0.2) is 9.29 Å². The van der Waals surface area contributed by atoms with Crippen LogP contribution in [0.5, 0.6) is 5.75 Å². The molecule has 4 aliphatic rings. The number of likely N-dealkylation sites (tertiary alicyclic amines) is 1. The van der Waals surface area contributed by atoms with E-state index >= 15 is 0 Å². The predicted molar refractivity (Wildman–Crippen MR) is 141 cm³/mol. The minimum absolute atomic E-state index is 0.0175. The number of nitrogens with zero attached hydrogens (tertiary/aromatic N) is 2. The minimum Gasteiger partial charge on any atom is -0.508 e. The number of halogens is 2. The van der Waals surface area contributed by atoms with Gasteiger partial charge in [-0.15, -0.1) is 0 Å². The normalized spacial score (nSPS) is 31.8. The van der Waals surface area contributed by atoms with E-state index in [-0.39, 0.29) is 34.7 Å². The van der Waals surface area contributed by atoms with Crippen molar-refractivity contribution in [1.29, 1.82) is 0 Å². The number of phenols is 1. The van der Waals surface area contributed by atoms with Crippen molar-refractivity contribution in [2.24, 2.45) is 29.1 Å². The van der Waals surface area contributed by atoms with Gasteiger partial charge in [0.25, 0.3) is 0 Å². The Labute approximate surface area is 230 Å². The number of fused-ring (bicyclic) bond motifs is 4. The molecule has 0 aromatic heterocycles. The number of para-hydroxylation sites is 1. The third-order valence-corrected chi connectivity index (χ3v) is 9.51. The van der Waals surface area contributed by atoms with Crippen molar-refractivity contribution >= 4 is 40.9 Å². The molecule has 202 valence electrons. The van der Waals surface area contributed by atoms with E-state index in [0.717, 1.165) is 16.5 Å². The summed E-state index contributed by atoms with van der Waals surface area (Å²) in [6.07, 6.45) is 3.15. The largest absolute Gasteiger partial charge is 0.508 e. The van der Waals surface area contributed by atoms with E-state index in [2.05, 4.69) is 0 Å². The number of amides is 4. The summed E-state index contributed by atoms with van der Waals surface area (Å²) < 4.78 is 13.9. The topological polar surface area (TPSA) is 95.0 Å². The van der Waals surface area contributed by atoms with E-state index in [1.807, 2.05) is 13.0 Å². The zero-order chi connectivity index (χ0) is 27.8. The van der Waals surface area contributed by atoms with Crippen LogP contribution in [0.2, 0.25) is 5.02 Å². The molecule has 2 saturated heterocycles. The molecule has 2 aromatic carbocycles. The number of hydrogen-bond acceptors (Lipinski definition) is 5. The Morgan fingerprint density at radius 3 is 2.49 bits per heavy atom. The first-order chi connectivity index (χ1) is 18.6. The molecule has 2 aliphatic heterocycles. The van der Waals surface area contributed by atoms with Crippen molar-refractivity contribution < 1.29 is 28.7 Å². The average molecular weight is 551 g/mol. The van der Waals surface area contributed by atoms with Crippen molar-refractivity contribution in [1.82, 2.24) is 4.90 Å². The SMILES string of the molecule is CCCN1C(=O)C2CC=C3C(CC4C(=O)N(c5ccc(F)c(Cl)c5)C(=O)C4(C)C3c3ccccc3O)C2C1=O. The van der Waals surface area contributed by atoms with Gasteiger partial charge in [0.05, 0.1) is 33.9 Å². The second-order valence-electron chi connectivity index (χ2n) is 11.1. The lowest BCUT2D eigenvalue weighted by Gasteiger charge is -2.49. The van der Waals surface area contributed by atoms with Crippen molar-refractivity contribution in [3.63, 3.8) is 0 Å². The first-order valence-corrected chi connectivity index (χ1v) is 13.7. The predicted octanol–water partition coefficient (Wildman–Crippen LogP) is 4.83. The third kappa shape index (κ3) is 3.46. The van der Waals surface area contributed by atoms with Crippen molar-refractivity contribution in [3.05, 3.63) is 70.5 Å². The van der Waals surface area contributed by atoms with Crippen molar-refractivity contribution in [3.8, 4) is 5.75 Å². The highest BCUT2D eigenvalue weighted by molar-refractivity contribution is 6.31. The number of imide groups is 2. The van der Waals surface area contributed by atoms with Gasteiger partial charge in [0.2, 0.25) is 23.6 Å². The van der Waals surface area contributed by atoms with Crippen LogP contribution in [0.15, 0.2) is 54.1 Å². The van der Waals surface area contributed by atoms with Crippen LogP contribution in [0.25, 0.3) is 0 Å². The molecule has 3 fully saturated rings. The second kappa shape index (κ2) is 9.01. The van der Waals surface area contributed by atoms with Gasteiger partial charge in [0, 0.05) is 18.0 Å². The van der Waals surface area contributed by atoms with Gasteiger partial charge in [-0.05, 0) is 56.4 Å². The lowest BCUT2D eigenvalue weighted by Crippen LogP contribution is -2.48. The molecule has 6 unspecified atom stereocenters. The van der Waals surface area contributed by atoms with Crippen LogP contribution < -0.4 is 4.90 Å². The molecule has 39 heavy (non-hydrogen) atoms. The second-order valence-corrected chi connectivity index (χ2v) is 11.6. The van der Waals surface area contributed by atoms with Crippen LogP contribution in [0.1, 0.15) is 44.6 Å². The zero-order valence-electron chi connectivity index (χ0n) is 21.6. The molecule has 6 rings (SSSR count). The van der Waals surface area contributed by atoms with Gasteiger partial charge in [-0.3, -0.25) is 24.1 Å². The molecule has 0 radical (unpaired) electrons. The van der Waals surface area contributed by atoms with E-state index in [4.69, 9.17) is 11.6 Å². The van der Waals surface area contributed by atoms with E-state index in [1.165, 1.54) is 23.1 Å². The summed E-state index contributed by atoms with van der Waals surface area (Å²) in [6, 6.07) is 10.4.